The van der Waals surface area contributed by atoms with Gasteiger partial charge in [0.2, 0.25) is 0 Å². The number of thiol groups is 1. The van der Waals surface area contributed by atoms with Crippen LogP contribution in [0.1, 0.15) is 19.8 Å². The fraction of sp³-hybridized carbons (Fsp3) is 0.600. The molecule has 2 aliphatic rings. The molecule has 0 unspecified atom stereocenters. The number of rotatable bonds is 2. The summed E-state index contributed by atoms with van der Waals surface area (Å²) in [5.74, 6) is -0.128. The maximum atomic E-state index is 11.6. The van der Waals surface area contributed by atoms with Crippen molar-refractivity contribution >= 4 is 22.2 Å². The largest absolute Gasteiger partial charge is 0.457 e. The van der Waals surface area contributed by atoms with Gasteiger partial charge in [0.15, 0.2) is 0 Å². The third kappa shape index (κ3) is 2.25. The third-order valence-electron chi connectivity index (χ3n) is 2.40. The van der Waals surface area contributed by atoms with Crippen LogP contribution >= 0.6 is 11.4 Å². The van der Waals surface area contributed by atoms with E-state index >= 15 is 0 Å². The van der Waals surface area contributed by atoms with Gasteiger partial charge in [0.1, 0.15) is 6.10 Å². The standard InChI is InChI=1S/C10H15NO2S/c1-7-2-3-9(14-7)10(12)13-8-4-5-11-6-8/h3,8,11,14H,2,4-6H2,1H3/t8-/m0/s1. The second-order valence-corrected chi connectivity index (χ2v) is 5.13. The van der Waals surface area contributed by atoms with Crippen molar-refractivity contribution in [3.05, 3.63) is 11.0 Å². The summed E-state index contributed by atoms with van der Waals surface area (Å²) in [7, 11) is 0. The van der Waals surface area contributed by atoms with Crippen LogP contribution in [0.15, 0.2) is 11.0 Å². The normalized spacial score (nSPS) is 26.5. The number of esters is 1. The van der Waals surface area contributed by atoms with Crippen molar-refractivity contribution in [2.45, 2.75) is 25.9 Å². The van der Waals surface area contributed by atoms with E-state index in [0.29, 0.717) is 0 Å². The van der Waals surface area contributed by atoms with E-state index < -0.39 is 0 Å². The van der Waals surface area contributed by atoms with Crippen LogP contribution in [0, 0.1) is 0 Å². The number of hydrogen-bond acceptors (Lipinski definition) is 3. The van der Waals surface area contributed by atoms with Crippen LogP contribution in [0.5, 0.6) is 0 Å². The van der Waals surface area contributed by atoms with Gasteiger partial charge in [-0.25, -0.2) is 4.79 Å². The molecule has 3 nitrogen and oxygen atoms in total. The molecular weight excluding hydrogens is 198 g/mol. The van der Waals surface area contributed by atoms with Crippen LogP contribution in [-0.2, 0) is 9.53 Å². The monoisotopic (exact) mass is 213 g/mol. The zero-order chi connectivity index (χ0) is 9.97. The molecular formula is C10H15NO2S. The van der Waals surface area contributed by atoms with Crippen LogP contribution in [0.4, 0.5) is 0 Å². The van der Waals surface area contributed by atoms with E-state index in [-0.39, 0.29) is 12.1 Å². The number of allylic oxidation sites excluding steroid dienone is 1. The maximum absolute atomic E-state index is 11.6. The Kier molecular flexibility index (Phi) is 3.03. The summed E-state index contributed by atoms with van der Waals surface area (Å²) in [6, 6.07) is 0. The number of hydrogen-bond donors (Lipinski definition) is 2. The Balaban J connectivity index is 1.89. The van der Waals surface area contributed by atoms with Gasteiger partial charge in [-0.05, 0) is 31.2 Å². The number of carbonyl (C=O) groups excluding carboxylic acids is 1. The summed E-state index contributed by atoms with van der Waals surface area (Å²) in [6.07, 6.45) is 3.93. The van der Waals surface area contributed by atoms with Gasteiger partial charge in [-0.2, -0.15) is 11.4 Å². The maximum Gasteiger partial charge on any atom is 0.343 e. The van der Waals surface area contributed by atoms with E-state index in [1.54, 1.807) is 0 Å². The van der Waals surface area contributed by atoms with E-state index in [1.165, 1.54) is 4.86 Å². The highest BCUT2D eigenvalue weighted by Gasteiger charge is 2.21. The first-order valence-electron chi connectivity index (χ1n) is 4.92. The van der Waals surface area contributed by atoms with Gasteiger partial charge in [-0.3, -0.25) is 0 Å². The van der Waals surface area contributed by atoms with Crippen LogP contribution in [0.25, 0.3) is 0 Å². The van der Waals surface area contributed by atoms with Crippen LogP contribution in [0.3, 0.4) is 0 Å². The third-order valence-corrected chi connectivity index (χ3v) is 3.57. The summed E-state index contributed by atoms with van der Waals surface area (Å²) in [5.41, 5.74) is 0. The first-order valence-corrected chi connectivity index (χ1v) is 5.81. The highest BCUT2D eigenvalue weighted by Crippen LogP contribution is 2.21. The van der Waals surface area contributed by atoms with Gasteiger partial charge in [0, 0.05) is 6.54 Å². The Morgan fingerprint density at radius 1 is 1.71 bits per heavy atom. The predicted molar refractivity (Wildman–Crippen MR) is 59.7 cm³/mol. The minimum atomic E-state index is -0.128. The topological polar surface area (TPSA) is 38.3 Å². The van der Waals surface area contributed by atoms with E-state index in [9.17, 15) is 4.79 Å². The van der Waals surface area contributed by atoms with Crippen LogP contribution in [0.2, 0.25) is 0 Å². The molecule has 0 saturated carbocycles. The van der Waals surface area contributed by atoms with Gasteiger partial charge < -0.3 is 10.1 Å². The van der Waals surface area contributed by atoms with Crippen molar-refractivity contribution in [3.8, 4) is 0 Å². The fourth-order valence-corrected chi connectivity index (χ4v) is 2.53. The first-order chi connectivity index (χ1) is 6.75. The molecule has 0 aromatic carbocycles. The molecule has 0 spiro atoms. The van der Waals surface area contributed by atoms with Gasteiger partial charge in [-0.1, -0.05) is 6.08 Å². The van der Waals surface area contributed by atoms with Gasteiger partial charge in [0.05, 0.1) is 4.91 Å². The van der Waals surface area contributed by atoms with Crippen molar-refractivity contribution in [2.24, 2.45) is 0 Å². The van der Waals surface area contributed by atoms with E-state index in [0.717, 1.165) is 42.2 Å². The molecule has 2 heterocycles. The molecule has 0 aliphatic carbocycles. The zero-order valence-corrected chi connectivity index (χ0v) is 9.14. The summed E-state index contributed by atoms with van der Waals surface area (Å²) in [5, 5.41) is 3.17. The smallest absolute Gasteiger partial charge is 0.343 e. The lowest BCUT2D eigenvalue weighted by atomic mass is 10.3. The second-order valence-electron chi connectivity index (χ2n) is 3.66. The quantitative estimate of drug-likeness (QED) is 0.405. The van der Waals surface area contributed by atoms with Crippen molar-refractivity contribution in [2.75, 3.05) is 13.1 Å². The molecule has 1 fully saturated rings. The lowest BCUT2D eigenvalue weighted by molar-refractivity contribution is -0.142. The predicted octanol–water partition coefficient (Wildman–Crippen LogP) is 0.837. The molecule has 0 bridgehead atoms. The molecule has 1 N–H and O–H groups in total. The van der Waals surface area contributed by atoms with Gasteiger partial charge >= 0.3 is 5.97 Å². The van der Waals surface area contributed by atoms with Crippen molar-refractivity contribution < 1.29 is 9.53 Å². The molecule has 14 heavy (non-hydrogen) atoms. The Labute approximate surface area is 87.5 Å². The number of ether oxygens (including phenoxy) is 1. The summed E-state index contributed by atoms with van der Waals surface area (Å²) >= 11 is 1.05. The SMILES string of the molecule is CC1=[SH]C(C(=O)O[C@H]2CCNC2)=CC1. The van der Waals surface area contributed by atoms with Crippen LogP contribution < -0.4 is 5.32 Å². The van der Waals surface area contributed by atoms with Crippen LogP contribution in [-0.4, -0.2) is 30.0 Å². The lowest BCUT2D eigenvalue weighted by Gasteiger charge is -2.09. The Bertz CT molecular complexity index is 303. The van der Waals surface area contributed by atoms with Gasteiger partial charge in [-0.15, -0.1) is 0 Å². The van der Waals surface area contributed by atoms with Gasteiger partial charge in [0.25, 0.3) is 0 Å². The minimum Gasteiger partial charge on any atom is -0.457 e. The van der Waals surface area contributed by atoms with Crippen molar-refractivity contribution in [3.63, 3.8) is 0 Å². The highest BCUT2D eigenvalue weighted by molar-refractivity contribution is 8.03. The lowest BCUT2D eigenvalue weighted by Crippen LogP contribution is -2.20. The van der Waals surface area contributed by atoms with E-state index in [4.69, 9.17) is 4.74 Å². The van der Waals surface area contributed by atoms with E-state index in [1.807, 2.05) is 6.08 Å². The second kappa shape index (κ2) is 4.28. The molecule has 0 amide bonds. The highest BCUT2D eigenvalue weighted by atomic mass is 32.1. The van der Waals surface area contributed by atoms with Crippen molar-refractivity contribution in [1.82, 2.24) is 5.32 Å². The molecule has 78 valence electrons. The molecule has 1 saturated heterocycles. The number of nitrogens with one attached hydrogen (secondary N) is 1. The van der Waals surface area contributed by atoms with E-state index in [2.05, 4.69) is 12.2 Å². The molecule has 4 heteroatoms. The zero-order valence-electron chi connectivity index (χ0n) is 8.25. The molecule has 0 aromatic heterocycles. The molecule has 0 radical (unpaired) electrons. The average Bonchev–Trinajstić information content (AvgIpc) is 2.75. The summed E-state index contributed by atoms with van der Waals surface area (Å²) < 4.78 is 5.35. The summed E-state index contributed by atoms with van der Waals surface area (Å²) in [6.45, 7) is 3.83. The number of carbonyl (C=O) groups is 1. The first kappa shape index (κ1) is 9.93. The Morgan fingerprint density at radius 3 is 3.14 bits per heavy atom. The van der Waals surface area contributed by atoms with Crippen molar-refractivity contribution in [1.29, 1.82) is 0 Å². The molecule has 0 aromatic rings. The Morgan fingerprint density at radius 2 is 2.57 bits per heavy atom. The fourth-order valence-electron chi connectivity index (χ4n) is 1.61. The molecule has 2 aliphatic heterocycles. The molecule has 2 rings (SSSR count). The average molecular weight is 213 g/mol. The summed E-state index contributed by atoms with van der Waals surface area (Å²) in [4.78, 5) is 13.7. The Hall–Kier alpha value is -0.610. The minimum absolute atomic E-state index is 0.0829. The molecule has 1 atom stereocenters.